The van der Waals surface area contributed by atoms with Crippen molar-refractivity contribution in [2.24, 2.45) is 0 Å². The minimum Gasteiger partial charge on any atom is -0.250 e. The van der Waals surface area contributed by atoms with Gasteiger partial charge in [0.2, 0.25) is 0 Å². The van der Waals surface area contributed by atoms with Crippen LogP contribution in [0.25, 0.3) is 0 Å². The van der Waals surface area contributed by atoms with Crippen LogP contribution in [0.4, 0.5) is 0 Å². The van der Waals surface area contributed by atoms with E-state index in [0.29, 0.717) is 0 Å². The van der Waals surface area contributed by atoms with Crippen molar-refractivity contribution in [3.63, 3.8) is 0 Å². The predicted octanol–water partition coefficient (Wildman–Crippen LogP) is 0.651. The third-order valence-electron chi connectivity index (χ3n) is 2.25. The van der Waals surface area contributed by atoms with Crippen LogP contribution in [0.5, 0.6) is 0 Å². The minimum atomic E-state index is 0.257. The van der Waals surface area contributed by atoms with Crippen LogP contribution in [-0.2, 0) is 0 Å². The largest absolute Gasteiger partial charge is 0.250 e. The normalized spacial score (nSPS) is 31.5. The molecule has 0 aromatic rings. The number of hydrogen-bond acceptors (Lipinski definition) is 2. The van der Waals surface area contributed by atoms with Crippen molar-refractivity contribution in [2.75, 3.05) is 0 Å². The van der Waals surface area contributed by atoms with Gasteiger partial charge >= 0.3 is 0 Å². The first-order valence-corrected chi connectivity index (χ1v) is 3.00. The molecule has 1 saturated heterocycles. The fourth-order valence-electron chi connectivity index (χ4n) is 0.562. The van der Waals surface area contributed by atoms with Crippen molar-refractivity contribution >= 4 is 0 Å². The van der Waals surface area contributed by atoms with Crippen LogP contribution in [0, 0.1) is 0 Å². The average molecular weight is 114 g/mol. The molecule has 0 unspecified atom stereocenters. The highest BCUT2D eigenvalue weighted by Gasteiger charge is 2.44. The molecule has 0 atom stereocenters. The molecule has 2 N–H and O–H groups in total. The summed E-state index contributed by atoms with van der Waals surface area (Å²) >= 11 is 0. The van der Waals surface area contributed by atoms with Crippen LogP contribution in [0.2, 0.25) is 0 Å². The van der Waals surface area contributed by atoms with Gasteiger partial charge in [0.15, 0.2) is 0 Å². The van der Waals surface area contributed by atoms with E-state index in [2.05, 4.69) is 38.5 Å². The maximum atomic E-state index is 3.12. The third kappa shape index (κ3) is 0.565. The van der Waals surface area contributed by atoms with E-state index < -0.39 is 0 Å². The third-order valence-corrected chi connectivity index (χ3v) is 2.25. The second kappa shape index (κ2) is 1.25. The standard InChI is InChI=1S/C6H14N2/c1-5(2)6(3,4)8-7-5/h7-8H,1-4H3. The summed E-state index contributed by atoms with van der Waals surface area (Å²) in [4.78, 5) is 0. The summed E-state index contributed by atoms with van der Waals surface area (Å²) < 4.78 is 0. The molecular weight excluding hydrogens is 100 g/mol. The number of nitrogens with one attached hydrogen (secondary N) is 2. The molecule has 2 nitrogen and oxygen atoms in total. The van der Waals surface area contributed by atoms with E-state index in [1.807, 2.05) is 0 Å². The SMILES string of the molecule is CC1(C)NNC1(C)C. The molecule has 1 fully saturated rings. The fraction of sp³-hybridized carbons (Fsp3) is 1.00. The summed E-state index contributed by atoms with van der Waals surface area (Å²) in [5, 5.41) is 0. The van der Waals surface area contributed by atoms with Gasteiger partial charge in [0.1, 0.15) is 0 Å². The molecular formula is C6H14N2. The molecule has 0 bridgehead atoms. The van der Waals surface area contributed by atoms with Gasteiger partial charge in [-0.05, 0) is 27.7 Å². The van der Waals surface area contributed by atoms with Crippen LogP contribution in [0.3, 0.4) is 0 Å². The molecule has 0 saturated carbocycles. The van der Waals surface area contributed by atoms with E-state index in [0.717, 1.165) is 0 Å². The zero-order valence-electron chi connectivity index (χ0n) is 6.00. The summed E-state index contributed by atoms with van der Waals surface area (Å²) in [5.41, 5.74) is 6.76. The molecule has 0 aliphatic carbocycles. The predicted molar refractivity (Wildman–Crippen MR) is 34.4 cm³/mol. The molecule has 1 rings (SSSR count). The smallest absolute Gasteiger partial charge is 0.0456 e. The van der Waals surface area contributed by atoms with Crippen molar-refractivity contribution in [3.8, 4) is 0 Å². The first-order valence-electron chi connectivity index (χ1n) is 3.00. The van der Waals surface area contributed by atoms with Crippen LogP contribution >= 0.6 is 0 Å². The first-order chi connectivity index (χ1) is 3.46. The molecule has 1 heterocycles. The highest BCUT2D eigenvalue weighted by atomic mass is 15.5. The van der Waals surface area contributed by atoms with E-state index in [4.69, 9.17) is 0 Å². The Morgan fingerprint density at radius 1 is 0.750 bits per heavy atom. The van der Waals surface area contributed by atoms with Gasteiger partial charge < -0.3 is 0 Å². The van der Waals surface area contributed by atoms with Crippen molar-refractivity contribution in [1.29, 1.82) is 0 Å². The van der Waals surface area contributed by atoms with Gasteiger partial charge in [-0.15, -0.1) is 0 Å². The molecule has 0 aromatic heterocycles. The Balaban J connectivity index is 2.63. The van der Waals surface area contributed by atoms with Gasteiger partial charge in [-0.25, -0.2) is 10.9 Å². The maximum Gasteiger partial charge on any atom is 0.0456 e. The molecule has 0 spiro atoms. The molecule has 1 aliphatic heterocycles. The number of hydrazine groups is 1. The molecule has 0 radical (unpaired) electrons. The highest BCUT2D eigenvalue weighted by Crippen LogP contribution is 2.26. The average Bonchev–Trinajstić information content (AvgIpc) is 1.64. The van der Waals surface area contributed by atoms with Gasteiger partial charge in [-0.1, -0.05) is 0 Å². The summed E-state index contributed by atoms with van der Waals surface area (Å²) in [6.45, 7) is 8.74. The Morgan fingerprint density at radius 2 is 1.00 bits per heavy atom. The summed E-state index contributed by atoms with van der Waals surface area (Å²) in [6.07, 6.45) is 0. The van der Waals surface area contributed by atoms with Crippen LogP contribution in [-0.4, -0.2) is 11.1 Å². The van der Waals surface area contributed by atoms with Crippen molar-refractivity contribution in [2.45, 2.75) is 38.8 Å². The lowest BCUT2D eigenvalue weighted by Gasteiger charge is -2.53. The van der Waals surface area contributed by atoms with Crippen LogP contribution < -0.4 is 10.9 Å². The lowest BCUT2D eigenvalue weighted by atomic mass is 9.80. The highest BCUT2D eigenvalue weighted by molar-refractivity contribution is 5.05. The summed E-state index contributed by atoms with van der Waals surface area (Å²) in [5.74, 6) is 0. The lowest BCUT2D eigenvalue weighted by Crippen LogP contribution is -2.80. The topological polar surface area (TPSA) is 24.1 Å². The molecule has 0 amide bonds. The molecule has 1 aliphatic rings. The second-order valence-corrected chi connectivity index (χ2v) is 3.50. The lowest BCUT2D eigenvalue weighted by molar-refractivity contribution is 0.0397. The van der Waals surface area contributed by atoms with E-state index >= 15 is 0 Å². The minimum absolute atomic E-state index is 0.257. The number of hydrogen-bond donors (Lipinski definition) is 2. The van der Waals surface area contributed by atoms with Crippen LogP contribution in [0.1, 0.15) is 27.7 Å². The fourth-order valence-corrected chi connectivity index (χ4v) is 0.562. The molecule has 2 heteroatoms. The first kappa shape index (κ1) is 6.05. The van der Waals surface area contributed by atoms with E-state index in [1.54, 1.807) is 0 Å². The van der Waals surface area contributed by atoms with E-state index in [1.165, 1.54) is 0 Å². The van der Waals surface area contributed by atoms with E-state index in [9.17, 15) is 0 Å². The Bertz CT molecular complexity index is 91.1. The van der Waals surface area contributed by atoms with Crippen LogP contribution in [0.15, 0.2) is 0 Å². The van der Waals surface area contributed by atoms with Gasteiger partial charge in [-0.2, -0.15) is 0 Å². The van der Waals surface area contributed by atoms with Gasteiger partial charge in [0.05, 0.1) is 0 Å². The Hall–Kier alpha value is -0.0800. The quantitative estimate of drug-likeness (QED) is 0.483. The number of rotatable bonds is 0. The van der Waals surface area contributed by atoms with E-state index in [-0.39, 0.29) is 11.1 Å². The zero-order valence-corrected chi connectivity index (χ0v) is 6.00. The van der Waals surface area contributed by atoms with Crippen molar-refractivity contribution in [1.82, 2.24) is 10.9 Å². The Morgan fingerprint density at radius 3 is 1.00 bits per heavy atom. The Labute approximate surface area is 50.6 Å². The molecule has 48 valence electrons. The Kier molecular flexibility index (Phi) is 0.946. The van der Waals surface area contributed by atoms with Gasteiger partial charge in [0.25, 0.3) is 0 Å². The second-order valence-electron chi connectivity index (χ2n) is 3.50. The molecule has 0 aromatic carbocycles. The van der Waals surface area contributed by atoms with Gasteiger partial charge in [-0.3, -0.25) is 0 Å². The van der Waals surface area contributed by atoms with Crippen molar-refractivity contribution < 1.29 is 0 Å². The van der Waals surface area contributed by atoms with Crippen molar-refractivity contribution in [3.05, 3.63) is 0 Å². The summed E-state index contributed by atoms with van der Waals surface area (Å²) in [7, 11) is 0. The monoisotopic (exact) mass is 114 g/mol. The molecule has 8 heavy (non-hydrogen) atoms. The maximum absolute atomic E-state index is 3.12. The van der Waals surface area contributed by atoms with Gasteiger partial charge in [0, 0.05) is 11.1 Å². The summed E-state index contributed by atoms with van der Waals surface area (Å²) in [6, 6.07) is 0. The zero-order chi connectivity index (χ0) is 6.41.